The molecule has 11 heteroatoms. The Balaban J connectivity index is 1.58. The number of fused-ring (bicyclic) bond motifs is 1. The first-order chi connectivity index (χ1) is 16.0. The monoisotopic (exact) mass is 491 g/mol. The third-order valence-corrected chi connectivity index (χ3v) is 7.31. The standard InChI is InChI=1S/C23H24F3N5O2S/c1-13-12-31(20-17(11-27)21(32)30(4)22-19(20)28-14(2)34-22)10-9-18(13)29(3)15-5-7-16(8-6-15)33-23(24,25)26/h5-8,13,18H,9-10,12H2,1-4H3/t13-,18+/m0/s1. The zero-order valence-corrected chi connectivity index (χ0v) is 20.0. The summed E-state index contributed by atoms with van der Waals surface area (Å²) < 4.78 is 42.8. The number of alkyl halides is 3. The van der Waals surface area contributed by atoms with E-state index in [9.17, 15) is 23.2 Å². The summed E-state index contributed by atoms with van der Waals surface area (Å²) >= 11 is 1.43. The van der Waals surface area contributed by atoms with Gasteiger partial charge in [0.1, 0.15) is 27.7 Å². The number of halogens is 3. The minimum atomic E-state index is -4.73. The fraction of sp³-hybridized carbons (Fsp3) is 0.435. The molecule has 1 aliphatic heterocycles. The van der Waals surface area contributed by atoms with Crippen LogP contribution in [0, 0.1) is 24.2 Å². The molecule has 7 nitrogen and oxygen atoms in total. The molecule has 1 fully saturated rings. The molecule has 0 amide bonds. The van der Waals surface area contributed by atoms with Gasteiger partial charge in [0.05, 0.1) is 10.7 Å². The fourth-order valence-electron chi connectivity index (χ4n) is 4.67. The Labute approximate surface area is 198 Å². The van der Waals surface area contributed by atoms with Gasteiger partial charge in [0.2, 0.25) is 0 Å². The first-order valence-corrected chi connectivity index (χ1v) is 11.6. The molecule has 1 aromatic carbocycles. The minimum absolute atomic E-state index is 0.0968. The maximum absolute atomic E-state index is 12.8. The van der Waals surface area contributed by atoms with Crippen LogP contribution in [0.5, 0.6) is 5.75 Å². The van der Waals surface area contributed by atoms with Crippen LogP contribution in [-0.2, 0) is 7.05 Å². The second-order valence-electron chi connectivity index (χ2n) is 8.52. The summed E-state index contributed by atoms with van der Waals surface area (Å²) in [5, 5.41) is 10.6. The Hall–Kier alpha value is -3.26. The summed E-state index contributed by atoms with van der Waals surface area (Å²) in [6, 6.07) is 8.03. The lowest BCUT2D eigenvalue weighted by Gasteiger charge is -2.43. The lowest BCUT2D eigenvalue weighted by Crippen LogP contribution is -2.49. The number of ether oxygens (including phenoxy) is 1. The Kier molecular flexibility index (Phi) is 6.20. The molecule has 0 bridgehead atoms. The van der Waals surface area contributed by atoms with Crippen LogP contribution in [0.4, 0.5) is 24.5 Å². The van der Waals surface area contributed by atoms with Crippen molar-refractivity contribution in [1.29, 1.82) is 5.26 Å². The van der Waals surface area contributed by atoms with Crippen LogP contribution in [0.1, 0.15) is 23.9 Å². The number of aryl methyl sites for hydroxylation is 2. The van der Waals surface area contributed by atoms with E-state index in [0.717, 1.165) is 21.9 Å². The number of hydrogen-bond acceptors (Lipinski definition) is 7. The second kappa shape index (κ2) is 8.83. The van der Waals surface area contributed by atoms with E-state index in [2.05, 4.69) is 32.5 Å². The quantitative estimate of drug-likeness (QED) is 0.538. The van der Waals surface area contributed by atoms with Crippen LogP contribution in [0.25, 0.3) is 10.3 Å². The average molecular weight is 492 g/mol. The molecule has 0 N–H and O–H groups in total. The first kappa shape index (κ1) is 23.9. The zero-order valence-electron chi connectivity index (χ0n) is 19.2. The van der Waals surface area contributed by atoms with Gasteiger partial charge in [-0.15, -0.1) is 24.5 Å². The fourth-order valence-corrected chi connectivity index (χ4v) is 5.55. The minimum Gasteiger partial charge on any atom is -0.406 e. The highest BCUT2D eigenvalue weighted by Gasteiger charge is 2.33. The van der Waals surface area contributed by atoms with Crippen molar-refractivity contribution in [3.63, 3.8) is 0 Å². The van der Waals surface area contributed by atoms with Crippen LogP contribution in [0.2, 0.25) is 0 Å². The summed E-state index contributed by atoms with van der Waals surface area (Å²) in [6.45, 7) is 5.19. The molecule has 0 saturated carbocycles. The first-order valence-electron chi connectivity index (χ1n) is 10.7. The molecule has 0 aliphatic carbocycles. The number of nitriles is 1. The molecule has 0 radical (unpaired) electrons. The van der Waals surface area contributed by atoms with Crippen molar-refractivity contribution in [2.45, 2.75) is 32.7 Å². The van der Waals surface area contributed by atoms with Gasteiger partial charge in [0.15, 0.2) is 0 Å². The van der Waals surface area contributed by atoms with Gasteiger partial charge >= 0.3 is 6.36 Å². The summed E-state index contributed by atoms with van der Waals surface area (Å²) in [5.41, 5.74) is 1.80. The van der Waals surface area contributed by atoms with Gasteiger partial charge < -0.3 is 19.1 Å². The van der Waals surface area contributed by atoms with Gasteiger partial charge in [-0.1, -0.05) is 6.92 Å². The van der Waals surface area contributed by atoms with Crippen molar-refractivity contribution in [2.24, 2.45) is 13.0 Å². The van der Waals surface area contributed by atoms with Crippen LogP contribution >= 0.6 is 11.3 Å². The summed E-state index contributed by atoms with van der Waals surface area (Å²) in [5.74, 6) is -0.111. The number of aromatic nitrogens is 2. The van der Waals surface area contributed by atoms with Gasteiger partial charge in [0.25, 0.3) is 5.56 Å². The zero-order chi connectivity index (χ0) is 24.8. The highest BCUT2D eigenvalue weighted by Crippen LogP contribution is 2.35. The van der Waals surface area contributed by atoms with Gasteiger partial charge in [0, 0.05) is 38.9 Å². The van der Waals surface area contributed by atoms with E-state index in [0.29, 0.717) is 24.3 Å². The number of hydrogen-bond donors (Lipinski definition) is 0. The molecule has 34 heavy (non-hydrogen) atoms. The number of rotatable bonds is 4. The van der Waals surface area contributed by atoms with Gasteiger partial charge in [-0.3, -0.25) is 4.79 Å². The molecular formula is C23H24F3N5O2S. The molecule has 0 spiro atoms. The SMILES string of the molecule is Cc1nc2c(N3CC[C@@H](N(C)c4ccc(OC(F)(F)F)cc4)[C@@H](C)C3)c(C#N)c(=O)n(C)c2s1. The van der Waals surface area contributed by atoms with Gasteiger partial charge in [-0.05, 0) is 43.5 Å². The summed E-state index contributed by atoms with van der Waals surface area (Å²) in [6.07, 6.45) is -3.99. The Morgan fingerprint density at radius 2 is 1.97 bits per heavy atom. The topological polar surface area (TPSA) is 74.4 Å². The highest BCUT2D eigenvalue weighted by atomic mass is 32.1. The third kappa shape index (κ3) is 4.42. The lowest BCUT2D eigenvalue weighted by molar-refractivity contribution is -0.274. The molecule has 4 rings (SSSR count). The maximum Gasteiger partial charge on any atom is 0.573 e. The number of pyridine rings is 1. The lowest BCUT2D eigenvalue weighted by atomic mass is 9.91. The van der Waals surface area contributed by atoms with Crippen molar-refractivity contribution >= 4 is 33.1 Å². The summed E-state index contributed by atoms with van der Waals surface area (Å²) in [7, 11) is 3.57. The van der Waals surface area contributed by atoms with E-state index < -0.39 is 6.36 Å². The van der Waals surface area contributed by atoms with Gasteiger partial charge in [-0.2, -0.15) is 5.26 Å². The molecular weight excluding hydrogens is 467 g/mol. The number of piperidine rings is 1. The van der Waals surface area contributed by atoms with E-state index >= 15 is 0 Å². The van der Waals surface area contributed by atoms with Crippen molar-refractivity contribution < 1.29 is 17.9 Å². The number of benzene rings is 1. The molecule has 1 saturated heterocycles. The van der Waals surface area contributed by atoms with Crippen LogP contribution < -0.4 is 20.1 Å². The highest BCUT2D eigenvalue weighted by molar-refractivity contribution is 7.18. The van der Waals surface area contributed by atoms with E-state index in [1.165, 1.54) is 28.0 Å². The maximum atomic E-state index is 12.8. The number of thiazole rings is 1. The van der Waals surface area contributed by atoms with Crippen molar-refractivity contribution in [1.82, 2.24) is 9.55 Å². The third-order valence-electron chi connectivity index (χ3n) is 6.26. The average Bonchev–Trinajstić information content (AvgIpc) is 3.16. The molecule has 0 unspecified atom stereocenters. The van der Waals surface area contributed by atoms with E-state index in [1.807, 2.05) is 14.0 Å². The summed E-state index contributed by atoms with van der Waals surface area (Å²) in [4.78, 5) is 22.3. The van der Waals surface area contributed by atoms with Crippen LogP contribution in [0.3, 0.4) is 0 Å². The Morgan fingerprint density at radius 3 is 2.56 bits per heavy atom. The van der Waals surface area contributed by atoms with Crippen LogP contribution in [-0.4, -0.2) is 42.1 Å². The van der Waals surface area contributed by atoms with Crippen molar-refractivity contribution in [3.05, 3.63) is 45.2 Å². The molecule has 3 aromatic rings. The smallest absolute Gasteiger partial charge is 0.406 e. The van der Waals surface area contributed by atoms with Crippen molar-refractivity contribution in [2.75, 3.05) is 29.9 Å². The second-order valence-corrected chi connectivity index (χ2v) is 9.70. The Bertz CT molecular complexity index is 1310. The van der Waals surface area contributed by atoms with Crippen LogP contribution in [0.15, 0.2) is 29.1 Å². The molecule has 3 heterocycles. The predicted octanol–water partition coefficient (Wildman–Crippen LogP) is 4.42. The molecule has 2 atom stereocenters. The van der Waals surface area contributed by atoms with Crippen molar-refractivity contribution in [3.8, 4) is 11.8 Å². The molecule has 180 valence electrons. The largest absolute Gasteiger partial charge is 0.573 e. The number of nitrogens with zero attached hydrogens (tertiary/aromatic N) is 5. The molecule has 1 aliphatic rings. The normalized spacial score (nSPS) is 18.7. The molecule has 2 aromatic heterocycles. The van der Waals surface area contributed by atoms with Gasteiger partial charge in [-0.25, -0.2) is 4.98 Å². The van der Waals surface area contributed by atoms with E-state index in [1.54, 1.807) is 19.2 Å². The Morgan fingerprint density at radius 1 is 1.29 bits per heavy atom. The predicted molar refractivity (Wildman–Crippen MR) is 126 cm³/mol. The van der Waals surface area contributed by atoms with E-state index in [4.69, 9.17) is 0 Å². The van der Waals surface area contributed by atoms with E-state index in [-0.39, 0.29) is 28.8 Å². The number of anilines is 2.